The molecule has 6 rings (SSSR count). The van der Waals surface area contributed by atoms with Gasteiger partial charge in [-0.2, -0.15) is 0 Å². The van der Waals surface area contributed by atoms with Crippen molar-refractivity contribution in [1.82, 2.24) is 14.5 Å². The molecule has 0 radical (unpaired) electrons. The number of methoxy groups -OCH3 is 2. The van der Waals surface area contributed by atoms with Crippen molar-refractivity contribution in [2.45, 2.75) is 30.1 Å². The summed E-state index contributed by atoms with van der Waals surface area (Å²) in [4.78, 5) is 29.1. The first kappa shape index (κ1) is 35.4. The Kier molecular flexibility index (Phi) is 10.5. The molecule has 11 nitrogen and oxygen atoms in total. The third kappa shape index (κ3) is 7.23. The van der Waals surface area contributed by atoms with E-state index in [1.807, 2.05) is 83.8 Å². The van der Waals surface area contributed by atoms with Gasteiger partial charge in [0.05, 0.1) is 20.8 Å². The normalized spacial score (nSPS) is 21.8. The average Bonchev–Trinajstić information content (AvgIpc) is 3.43. The lowest BCUT2D eigenvalue weighted by Gasteiger charge is -2.37. The molecule has 1 aromatic heterocycles. The summed E-state index contributed by atoms with van der Waals surface area (Å²) in [6, 6.07) is 26.1. The van der Waals surface area contributed by atoms with Crippen LogP contribution in [0.15, 0.2) is 101 Å². The molecule has 3 heterocycles. The van der Waals surface area contributed by atoms with Crippen LogP contribution in [0.1, 0.15) is 22.9 Å². The van der Waals surface area contributed by atoms with Gasteiger partial charge in [0.15, 0.2) is 12.3 Å². The van der Waals surface area contributed by atoms with E-state index in [4.69, 9.17) is 35.9 Å². The van der Waals surface area contributed by atoms with Gasteiger partial charge in [-0.1, -0.05) is 66.3 Å². The van der Waals surface area contributed by atoms with Crippen molar-refractivity contribution in [2.24, 2.45) is 0 Å². The van der Waals surface area contributed by atoms with Crippen LogP contribution in [0.25, 0.3) is 0 Å². The van der Waals surface area contributed by atoms with E-state index < -0.39 is 50.6 Å². The minimum atomic E-state index is -1.29. The molecular formula is C37H41N3O8S2. The maximum absolute atomic E-state index is 13.0. The fourth-order valence-corrected chi connectivity index (χ4v) is 8.02. The van der Waals surface area contributed by atoms with E-state index in [9.17, 15) is 14.7 Å². The van der Waals surface area contributed by atoms with Crippen molar-refractivity contribution in [3.05, 3.63) is 129 Å². The number of H-pyrrole nitrogens is 1. The molecule has 50 heavy (non-hydrogen) atoms. The summed E-state index contributed by atoms with van der Waals surface area (Å²) in [5, 5.41) is 12.0. The number of aliphatic hydroxyl groups is 1. The van der Waals surface area contributed by atoms with Gasteiger partial charge in [0, 0.05) is 36.9 Å². The quantitative estimate of drug-likeness (QED) is 0.186. The first-order valence-electron chi connectivity index (χ1n) is 16.1. The number of hydrogen-bond donors (Lipinski definition) is 2. The molecule has 4 atom stereocenters. The number of hydrogen-bond acceptors (Lipinski definition) is 9. The summed E-state index contributed by atoms with van der Waals surface area (Å²) < 4.78 is 31.8. The summed E-state index contributed by atoms with van der Waals surface area (Å²) in [6.07, 6.45) is -3.19. The van der Waals surface area contributed by atoms with Gasteiger partial charge in [-0.25, -0.2) is 14.0 Å². The molecule has 2 aliphatic heterocycles. The van der Waals surface area contributed by atoms with Crippen LogP contribution in [0.2, 0.25) is 0 Å². The number of nitrogens with one attached hydrogen (secondary N) is 1. The van der Waals surface area contributed by atoms with Crippen LogP contribution in [-0.2, 0) is 19.8 Å². The summed E-state index contributed by atoms with van der Waals surface area (Å²) in [5.74, 6) is 11.4. The van der Waals surface area contributed by atoms with Gasteiger partial charge < -0.3 is 33.7 Å². The maximum Gasteiger partial charge on any atom is 0.330 e. The average molecular weight is 720 g/mol. The molecule has 0 aliphatic carbocycles. The molecule has 13 heteroatoms. The van der Waals surface area contributed by atoms with Gasteiger partial charge in [-0.15, -0.1) is 0 Å². The van der Waals surface area contributed by atoms with Crippen LogP contribution in [0.3, 0.4) is 0 Å². The van der Waals surface area contributed by atoms with Crippen molar-refractivity contribution >= 4 is 38.3 Å². The zero-order valence-electron chi connectivity index (χ0n) is 27.9. The topological polar surface area (TPSA) is 124 Å². The molecule has 2 saturated heterocycles. The predicted molar refractivity (Wildman–Crippen MR) is 200 cm³/mol. The highest BCUT2D eigenvalue weighted by Crippen LogP contribution is 2.43. The lowest BCUT2D eigenvalue weighted by Crippen LogP contribution is -2.46. The molecule has 3 aromatic carbocycles. The van der Waals surface area contributed by atoms with E-state index >= 15 is 0 Å². The van der Waals surface area contributed by atoms with Gasteiger partial charge in [-0.3, -0.25) is 14.3 Å². The van der Waals surface area contributed by atoms with E-state index in [1.165, 1.54) is 16.8 Å². The van der Waals surface area contributed by atoms with Crippen LogP contribution in [0, 0.1) is 0 Å². The highest BCUT2D eigenvalue weighted by atomic mass is 32.2. The van der Waals surface area contributed by atoms with Crippen molar-refractivity contribution in [3.63, 3.8) is 0 Å². The highest BCUT2D eigenvalue weighted by Gasteiger charge is 2.49. The molecule has 2 aliphatic rings. The minimum Gasteiger partial charge on any atom is -0.497 e. The molecule has 0 amide bonds. The molecular weight excluding hydrogens is 679 g/mol. The lowest BCUT2D eigenvalue weighted by atomic mass is 9.80. The Bertz CT molecular complexity index is 1950. The van der Waals surface area contributed by atoms with Gasteiger partial charge in [0.1, 0.15) is 29.3 Å². The summed E-state index contributed by atoms with van der Waals surface area (Å²) >= 11 is 5.70. The Morgan fingerprint density at radius 2 is 1.48 bits per heavy atom. The standard InChI is InChI=1S/C37H41N3O8S2/c1-44-28-14-10-26(11-15-28)37(25-8-6-5-7-9-25,27-12-16-29(45-2)17-13-27)46-24-30-32(42)33(34(47-30)40-19-18-31(41)38-35(40)43)48-36(49)39-20-22-50(3,4)23-21-39/h5-19,30,32-34,42H,3-4,20-24H2,1-2H3,(H,38,41,43). The van der Waals surface area contributed by atoms with Crippen LogP contribution in [-0.4, -0.2) is 100 Å². The Labute approximate surface area is 296 Å². The largest absolute Gasteiger partial charge is 0.497 e. The second-order valence-corrected chi connectivity index (χ2v) is 16.0. The Hall–Kier alpha value is -4.40. The van der Waals surface area contributed by atoms with Gasteiger partial charge >= 0.3 is 5.69 Å². The number of nitrogens with zero attached hydrogens (tertiary/aromatic N) is 2. The van der Waals surface area contributed by atoms with Gasteiger partial charge in [-0.05, 0) is 53.2 Å². The van der Waals surface area contributed by atoms with Crippen molar-refractivity contribution in [1.29, 1.82) is 0 Å². The zero-order valence-corrected chi connectivity index (χ0v) is 29.6. The predicted octanol–water partition coefficient (Wildman–Crippen LogP) is 3.48. The van der Waals surface area contributed by atoms with E-state index in [1.54, 1.807) is 14.2 Å². The van der Waals surface area contributed by atoms with E-state index in [2.05, 4.69) is 16.7 Å². The Morgan fingerprint density at radius 3 is 2.02 bits per heavy atom. The van der Waals surface area contributed by atoms with E-state index in [0.717, 1.165) is 28.2 Å². The monoisotopic (exact) mass is 719 g/mol. The molecule has 0 saturated carbocycles. The smallest absolute Gasteiger partial charge is 0.330 e. The molecule has 264 valence electrons. The Balaban J connectivity index is 1.37. The fourth-order valence-electron chi connectivity index (χ4n) is 6.31. The van der Waals surface area contributed by atoms with Crippen molar-refractivity contribution in [2.75, 3.05) is 45.4 Å². The molecule has 2 fully saturated rings. The number of aromatic amines is 1. The molecule has 0 spiro atoms. The number of thiocarbonyl (C=S) groups is 1. The van der Waals surface area contributed by atoms with Crippen LogP contribution in [0.4, 0.5) is 0 Å². The molecule has 4 aromatic rings. The van der Waals surface area contributed by atoms with Crippen LogP contribution >= 0.6 is 21.4 Å². The zero-order chi connectivity index (χ0) is 35.5. The number of benzene rings is 3. The third-order valence-corrected chi connectivity index (χ3v) is 11.6. The number of rotatable bonds is 10. The van der Waals surface area contributed by atoms with Crippen molar-refractivity contribution in [3.8, 4) is 11.5 Å². The Morgan fingerprint density at radius 1 is 0.920 bits per heavy atom. The maximum atomic E-state index is 13.0. The lowest BCUT2D eigenvalue weighted by molar-refractivity contribution is -0.0957. The molecule has 0 bridgehead atoms. The SMILES string of the molecule is C=S1(=C)CCN(C(=S)OC2C(O)C(COC(c3ccccc3)(c3ccc(OC)cc3)c3ccc(OC)cc3)OC2n2ccc(=O)[nH]c2=O)CC1. The summed E-state index contributed by atoms with van der Waals surface area (Å²) in [5.41, 5.74) is -0.0557. The second kappa shape index (κ2) is 14.8. The highest BCUT2D eigenvalue weighted by molar-refractivity contribution is 8.27. The van der Waals surface area contributed by atoms with Crippen molar-refractivity contribution < 1.29 is 28.8 Å². The first-order valence-corrected chi connectivity index (χ1v) is 18.8. The van der Waals surface area contributed by atoms with Crippen LogP contribution < -0.4 is 20.7 Å². The number of aliphatic hydroxyl groups excluding tert-OH is 1. The fraction of sp³-hybridized carbons (Fsp3) is 0.324. The van der Waals surface area contributed by atoms with Gasteiger partial charge in [0.25, 0.3) is 10.7 Å². The molecule has 2 N–H and O–H groups in total. The second-order valence-electron chi connectivity index (χ2n) is 12.4. The molecule has 4 unspecified atom stereocenters. The minimum absolute atomic E-state index is 0.131. The number of ether oxygens (including phenoxy) is 5. The van der Waals surface area contributed by atoms with Gasteiger partial charge in [0.2, 0.25) is 0 Å². The van der Waals surface area contributed by atoms with Crippen LogP contribution in [0.5, 0.6) is 11.5 Å². The number of aromatic nitrogens is 2. The van der Waals surface area contributed by atoms with E-state index in [-0.39, 0.29) is 11.8 Å². The van der Waals surface area contributed by atoms with E-state index in [0.29, 0.717) is 24.6 Å². The summed E-state index contributed by atoms with van der Waals surface area (Å²) in [6.45, 7) is 1.10. The first-order chi connectivity index (χ1) is 24.0. The summed E-state index contributed by atoms with van der Waals surface area (Å²) in [7, 11) is 2.01. The third-order valence-electron chi connectivity index (χ3n) is 9.16.